The van der Waals surface area contributed by atoms with Crippen molar-refractivity contribution in [3.05, 3.63) is 30.3 Å². The summed E-state index contributed by atoms with van der Waals surface area (Å²) >= 11 is 0. The molecule has 0 radical (unpaired) electrons. The summed E-state index contributed by atoms with van der Waals surface area (Å²) in [6, 6.07) is 9.38. The van der Waals surface area contributed by atoms with Crippen molar-refractivity contribution in [2.75, 3.05) is 6.61 Å². The van der Waals surface area contributed by atoms with Gasteiger partial charge in [0.25, 0.3) is 0 Å². The molecule has 0 spiro atoms. The summed E-state index contributed by atoms with van der Waals surface area (Å²) in [6.07, 6.45) is 2.21. The number of para-hydroxylation sites is 1. The molecule has 3 nitrogen and oxygen atoms in total. The van der Waals surface area contributed by atoms with Crippen molar-refractivity contribution in [1.82, 2.24) is 0 Å². The lowest BCUT2D eigenvalue weighted by Crippen LogP contribution is -2.27. The summed E-state index contributed by atoms with van der Waals surface area (Å²) < 4.78 is 10.6. The fourth-order valence-electron chi connectivity index (χ4n) is 1.59. The number of cyclic esters (lactones) is 1. The van der Waals surface area contributed by atoms with Crippen LogP contribution in [0, 0.1) is 0 Å². The van der Waals surface area contributed by atoms with Crippen molar-refractivity contribution in [2.45, 2.75) is 25.4 Å². The van der Waals surface area contributed by atoms with Gasteiger partial charge in [-0.2, -0.15) is 0 Å². The molecule has 1 saturated heterocycles. The molecular weight excluding hydrogens is 192 g/mol. The number of rotatable bonds is 2. The Morgan fingerprint density at radius 1 is 1.20 bits per heavy atom. The molecule has 1 atom stereocenters. The molecule has 0 saturated carbocycles. The molecule has 0 amide bonds. The topological polar surface area (TPSA) is 35.5 Å². The van der Waals surface area contributed by atoms with E-state index >= 15 is 0 Å². The van der Waals surface area contributed by atoms with E-state index in [9.17, 15) is 4.79 Å². The van der Waals surface area contributed by atoms with Gasteiger partial charge in [-0.25, -0.2) is 4.79 Å². The first kappa shape index (κ1) is 10.0. The van der Waals surface area contributed by atoms with E-state index in [1.165, 1.54) is 0 Å². The molecule has 0 aliphatic carbocycles. The molecule has 0 aromatic heterocycles. The minimum atomic E-state index is -0.435. The fourth-order valence-corrected chi connectivity index (χ4v) is 1.59. The van der Waals surface area contributed by atoms with Gasteiger partial charge in [-0.05, 0) is 31.4 Å². The number of ether oxygens (including phenoxy) is 2. The molecule has 1 aliphatic rings. The summed E-state index contributed by atoms with van der Waals surface area (Å²) in [5.41, 5.74) is 0. The van der Waals surface area contributed by atoms with Crippen molar-refractivity contribution in [2.24, 2.45) is 0 Å². The molecule has 1 fully saturated rings. The highest BCUT2D eigenvalue weighted by Crippen LogP contribution is 2.17. The smallest absolute Gasteiger partial charge is 0.347 e. The average Bonchev–Trinajstić information content (AvgIpc) is 2.46. The van der Waals surface area contributed by atoms with Gasteiger partial charge in [0.05, 0.1) is 6.61 Å². The van der Waals surface area contributed by atoms with Crippen LogP contribution in [0.3, 0.4) is 0 Å². The Bertz CT molecular complexity index is 321. The van der Waals surface area contributed by atoms with Gasteiger partial charge in [0.2, 0.25) is 0 Å². The second-order valence-electron chi connectivity index (χ2n) is 3.58. The molecule has 3 heteroatoms. The maximum atomic E-state index is 11.5. The summed E-state index contributed by atoms with van der Waals surface area (Å²) in [4.78, 5) is 11.5. The van der Waals surface area contributed by atoms with Gasteiger partial charge >= 0.3 is 5.97 Å². The zero-order chi connectivity index (χ0) is 10.5. The number of benzene rings is 1. The normalized spacial score (nSPS) is 21.6. The summed E-state index contributed by atoms with van der Waals surface area (Å²) in [6.45, 7) is 0.521. The molecule has 1 aliphatic heterocycles. The standard InChI is InChI=1S/C12H14O3/c13-12-11(8-4-5-9-14-12)15-10-6-2-1-3-7-10/h1-3,6-7,11H,4-5,8-9H2. The van der Waals surface area contributed by atoms with Crippen molar-refractivity contribution in [3.63, 3.8) is 0 Å². The van der Waals surface area contributed by atoms with E-state index in [-0.39, 0.29) is 5.97 Å². The van der Waals surface area contributed by atoms with Crippen LogP contribution in [-0.4, -0.2) is 18.7 Å². The number of hydrogen-bond acceptors (Lipinski definition) is 3. The summed E-state index contributed by atoms with van der Waals surface area (Å²) in [7, 11) is 0. The van der Waals surface area contributed by atoms with Crippen LogP contribution in [0.1, 0.15) is 19.3 Å². The molecule has 1 aromatic rings. The van der Waals surface area contributed by atoms with Crippen LogP contribution in [0.15, 0.2) is 30.3 Å². The Hall–Kier alpha value is -1.51. The highest BCUT2D eigenvalue weighted by atomic mass is 16.6. The molecule has 0 bridgehead atoms. The minimum Gasteiger partial charge on any atom is -0.479 e. The van der Waals surface area contributed by atoms with E-state index in [2.05, 4.69) is 0 Å². The molecule has 0 N–H and O–H groups in total. The quantitative estimate of drug-likeness (QED) is 0.695. The van der Waals surface area contributed by atoms with Gasteiger partial charge in [-0.15, -0.1) is 0 Å². The predicted octanol–water partition coefficient (Wildman–Crippen LogP) is 2.16. The maximum absolute atomic E-state index is 11.5. The van der Waals surface area contributed by atoms with Gasteiger partial charge in [-0.3, -0.25) is 0 Å². The zero-order valence-corrected chi connectivity index (χ0v) is 8.52. The van der Waals surface area contributed by atoms with Crippen LogP contribution in [0.5, 0.6) is 5.75 Å². The second-order valence-corrected chi connectivity index (χ2v) is 3.58. The molecule has 1 heterocycles. The Balaban J connectivity index is 2.01. The first-order chi connectivity index (χ1) is 7.36. The molecule has 1 unspecified atom stereocenters. The van der Waals surface area contributed by atoms with Crippen molar-refractivity contribution < 1.29 is 14.3 Å². The van der Waals surface area contributed by atoms with E-state index < -0.39 is 6.10 Å². The van der Waals surface area contributed by atoms with Crippen LogP contribution < -0.4 is 4.74 Å². The Morgan fingerprint density at radius 3 is 2.80 bits per heavy atom. The van der Waals surface area contributed by atoms with E-state index in [1.54, 1.807) is 0 Å². The van der Waals surface area contributed by atoms with Crippen LogP contribution in [0.25, 0.3) is 0 Å². The molecule has 2 rings (SSSR count). The van der Waals surface area contributed by atoms with E-state index in [1.807, 2.05) is 30.3 Å². The molecular formula is C12H14O3. The molecule has 1 aromatic carbocycles. The monoisotopic (exact) mass is 206 g/mol. The Labute approximate surface area is 89.0 Å². The number of esters is 1. The number of hydrogen-bond donors (Lipinski definition) is 0. The van der Waals surface area contributed by atoms with Crippen LogP contribution in [0.2, 0.25) is 0 Å². The van der Waals surface area contributed by atoms with Crippen molar-refractivity contribution >= 4 is 5.97 Å². The first-order valence-corrected chi connectivity index (χ1v) is 5.24. The summed E-state index contributed by atoms with van der Waals surface area (Å²) in [5, 5.41) is 0. The van der Waals surface area contributed by atoms with Crippen LogP contribution >= 0.6 is 0 Å². The SMILES string of the molecule is O=C1OCCCCC1Oc1ccccc1. The van der Waals surface area contributed by atoms with Crippen LogP contribution in [-0.2, 0) is 9.53 Å². The second kappa shape index (κ2) is 4.82. The third kappa shape index (κ3) is 2.72. The predicted molar refractivity (Wildman–Crippen MR) is 55.7 cm³/mol. The molecule has 15 heavy (non-hydrogen) atoms. The van der Waals surface area contributed by atoms with Crippen molar-refractivity contribution in [1.29, 1.82) is 0 Å². The minimum absolute atomic E-state index is 0.239. The maximum Gasteiger partial charge on any atom is 0.347 e. The average molecular weight is 206 g/mol. The lowest BCUT2D eigenvalue weighted by Gasteiger charge is -2.14. The third-order valence-electron chi connectivity index (χ3n) is 2.39. The lowest BCUT2D eigenvalue weighted by atomic mass is 10.2. The lowest BCUT2D eigenvalue weighted by molar-refractivity contribution is -0.150. The number of carbonyl (C=O) groups is 1. The van der Waals surface area contributed by atoms with Crippen LogP contribution in [0.4, 0.5) is 0 Å². The van der Waals surface area contributed by atoms with Gasteiger partial charge in [0.15, 0.2) is 6.10 Å². The third-order valence-corrected chi connectivity index (χ3v) is 2.39. The van der Waals surface area contributed by atoms with E-state index in [0.717, 1.165) is 25.0 Å². The highest BCUT2D eigenvalue weighted by molar-refractivity contribution is 5.75. The summed E-state index contributed by atoms with van der Waals surface area (Å²) in [5.74, 6) is 0.484. The largest absolute Gasteiger partial charge is 0.479 e. The van der Waals surface area contributed by atoms with Gasteiger partial charge in [-0.1, -0.05) is 18.2 Å². The van der Waals surface area contributed by atoms with E-state index in [4.69, 9.17) is 9.47 Å². The van der Waals surface area contributed by atoms with Gasteiger partial charge < -0.3 is 9.47 Å². The highest BCUT2D eigenvalue weighted by Gasteiger charge is 2.23. The zero-order valence-electron chi connectivity index (χ0n) is 8.52. The first-order valence-electron chi connectivity index (χ1n) is 5.24. The van der Waals surface area contributed by atoms with Gasteiger partial charge in [0.1, 0.15) is 5.75 Å². The fraction of sp³-hybridized carbons (Fsp3) is 0.417. The number of carbonyl (C=O) groups excluding carboxylic acids is 1. The van der Waals surface area contributed by atoms with E-state index in [0.29, 0.717) is 6.61 Å². The van der Waals surface area contributed by atoms with Gasteiger partial charge in [0, 0.05) is 0 Å². The van der Waals surface area contributed by atoms with Crippen molar-refractivity contribution in [3.8, 4) is 5.75 Å². The Morgan fingerprint density at radius 2 is 2.00 bits per heavy atom. The Kier molecular flexibility index (Phi) is 3.22. The molecule has 80 valence electrons.